The Labute approximate surface area is 165 Å². The van der Waals surface area contributed by atoms with Crippen LogP contribution in [-0.2, 0) is 17.6 Å². The van der Waals surface area contributed by atoms with Gasteiger partial charge in [0.1, 0.15) is 5.75 Å². The van der Waals surface area contributed by atoms with Crippen molar-refractivity contribution in [3.63, 3.8) is 0 Å². The molecule has 1 aliphatic heterocycles. The van der Waals surface area contributed by atoms with Crippen molar-refractivity contribution in [2.45, 2.75) is 32.1 Å². The highest BCUT2D eigenvalue weighted by Crippen LogP contribution is 2.31. The van der Waals surface area contributed by atoms with E-state index in [1.807, 2.05) is 24.3 Å². The van der Waals surface area contributed by atoms with E-state index in [2.05, 4.69) is 28.5 Å². The largest absolute Gasteiger partial charge is 0.482 e. The molecule has 0 fully saturated rings. The number of aliphatic imine (C=N–C) groups is 1. The lowest BCUT2D eigenvalue weighted by atomic mass is 9.90. The van der Waals surface area contributed by atoms with E-state index >= 15 is 0 Å². The Hall–Kier alpha value is -3.02. The minimum atomic E-state index is -0.0234. The lowest BCUT2D eigenvalue weighted by Crippen LogP contribution is -2.39. The molecule has 1 amide bonds. The van der Waals surface area contributed by atoms with Crippen molar-refractivity contribution in [1.29, 1.82) is 0 Å². The number of nitrogens with two attached hydrogens (primary N) is 1. The normalized spacial score (nSPS) is 16.2. The van der Waals surface area contributed by atoms with Crippen LogP contribution in [0.1, 0.15) is 30.4 Å². The van der Waals surface area contributed by atoms with Gasteiger partial charge in [-0.3, -0.25) is 9.79 Å². The Balaban J connectivity index is 1.34. The average molecular weight is 378 g/mol. The summed E-state index contributed by atoms with van der Waals surface area (Å²) in [7, 11) is 0. The maximum Gasteiger partial charge on any atom is 0.265 e. The third kappa shape index (κ3) is 3.96. The Bertz CT molecular complexity index is 894. The first-order valence-electron chi connectivity index (χ1n) is 9.92. The second kappa shape index (κ2) is 8.33. The molecule has 0 atom stereocenters. The third-order valence-electron chi connectivity index (χ3n) is 5.29. The molecule has 2 aromatic rings. The maximum atomic E-state index is 12.2. The number of ether oxygens (including phenoxy) is 1. The lowest BCUT2D eigenvalue weighted by molar-refractivity contribution is -0.121. The van der Waals surface area contributed by atoms with Crippen LogP contribution in [0.5, 0.6) is 5.75 Å². The summed E-state index contributed by atoms with van der Waals surface area (Å²) in [4.78, 5) is 18.4. The van der Waals surface area contributed by atoms with Crippen molar-refractivity contribution < 1.29 is 9.53 Å². The summed E-state index contributed by atoms with van der Waals surface area (Å²) >= 11 is 0. The van der Waals surface area contributed by atoms with Gasteiger partial charge in [-0.05, 0) is 61.4 Å². The highest BCUT2D eigenvalue weighted by Gasteiger charge is 2.24. The van der Waals surface area contributed by atoms with Gasteiger partial charge in [0.2, 0.25) is 0 Å². The number of benzene rings is 2. The number of rotatable bonds is 5. The van der Waals surface area contributed by atoms with E-state index in [0.717, 1.165) is 36.4 Å². The lowest BCUT2D eigenvalue weighted by Gasteiger charge is -2.29. The Morgan fingerprint density at radius 1 is 1.14 bits per heavy atom. The summed E-state index contributed by atoms with van der Waals surface area (Å²) in [6.07, 6.45) is 5.43. The van der Waals surface area contributed by atoms with Crippen LogP contribution in [0.2, 0.25) is 0 Å². The van der Waals surface area contributed by atoms with Gasteiger partial charge < -0.3 is 20.7 Å². The zero-order valence-corrected chi connectivity index (χ0v) is 16.0. The van der Waals surface area contributed by atoms with E-state index in [9.17, 15) is 4.79 Å². The molecule has 146 valence electrons. The molecule has 0 aromatic heterocycles. The van der Waals surface area contributed by atoms with E-state index in [4.69, 9.17) is 10.5 Å². The number of nitrogens with zero attached hydrogens (tertiary/aromatic N) is 2. The number of amides is 1. The van der Waals surface area contributed by atoms with E-state index in [-0.39, 0.29) is 12.5 Å². The van der Waals surface area contributed by atoms with Gasteiger partial charge in [-0.15, -0.1) is 0 Å². The minimum Gasteiger partial charge on any atom is -0.482 e. The van der Waals surface area contributed by atoms with Crippen LogP contribution in [0.15, 0.2) is 47.5 Å². The molecule has 1 aliphatic carbocycles. The first kappa shape index (κ1) is 18.3. The van der Waals surface area contributed by atoms with E-state index in [1.165, 1.54) is 24.0 Å². The molecule has 6 nitrogen and oxygen atoms in total. The van der Waals surface area contributed by atoms with Crippen molar-refractivity contribution in [2.75, 3.05) is 29.9 Å². The molecule has 2 aromatic carbocycles. The van der Waals surface area contributed by atoms with Gasteiger partial charge in [-0.1, -0.05) is 24.3 Å². The summed E-state index contributed by atoms with van der Waals surface area (Å²) in [5.41, 5.74) is 10.8. The average Bonchev–Trinajstić information content (AvgIpc) is 2.73. The summed E-state index contributed by atoms with van der Waals surface area (Å²) < 4.78 is 5.47. The number of carbonyl (C=O) groups excluding carboxylic acids is 1. The van der Waals surface area contributed by atoms with Crippen molar-refractivity contribution in [3.8, 4) is 5.75 Å². The number of hydrogen-bond acceptors (Lipinski definition) is 3. The summed E-state index contributed by atoms with van der Waals surface area (Å²) in [6.45, 7) is 1.24. The number of hydrogen-bond donors (Lipinski definition) is 2. The quantitative estimate of drug-likeness (QED) is 0.476. The second-order valence-electron chi connectivity index (χ2n) is 7.20. The van der Waals surface area contributed by atoms with Crippen LogP contribution in [0, 0.1) is 0 Å². The van der Waals surface area contributed by atoms with Crippen LogP contribution in [0.3, 0.4) is 0 Å². The Morgan fingerprint density at radius 3 is 2.93 bits per heavy atom. The molecule has 4 rings (SSSR count). The van der Waals surface area contributed by atoms with Crippen LogP contribution in [0.4, 0.5) is 11.4 Å². The van der Waals surface area contributed by atoms with E-state index in [0.29, 0.717) is 19.0 Å². The molecule has 0 unspecified atom stereocenters. The minimum absolute atomic E-state index is 0.0234. The number of carbonyl (C=O) groups is 1. The molecule has 0 radical (unpaired) electrons. The molecule has 3 N–H and O–H groups in total. The molecular formula is C22H26N4O2. The van der Waals surface area contributed by atoms with Gasteiger partial charge in [0.05, 0.1) is 5.69 Å². The van der Waals surface area contributed by atoms with Gasteiger partial charge >= 0.3 is 0 Å². The molecular weight excluding hydrogens is 352 g/mol. The standard InChI is InChI=1S/C22H26N4O2/c23-22(25-18-10-5-8-16-7-1-2-9-17(16)18)24-13-6-14-26-19-11-3-4-12-20(19)28-15-21(26)27/h3-5,8,10-12H,1-2,6-7,9,13-15H2,(H3,23,24,25). The van der Waals surface area contributed by atoms with Crippen LogP contribution in [-0.4, -0.2) is 31.6 Å². The van der Waals surface area contributed by atoms with Gasteiger partial charge in [-0.25, -0.2) is 0 Å². The number of fused-ring (bicyclic) bond motifs is 2. The smallest absolute Gasteiger partial charge is 0.265 e. The van der Waals surface area contributed by atoms with Crippen LogP contribution in [0.25, 0.3) is 0 Å². The summed E-state index contributed by atoms with van der Waals surface area (Å²) in [5, 5.41) is 3.26. The highest BCUT2D eigenvalue weighted by atomic mass is 16.5. The summed E-state index contributed by atoms with van der Waals surface area (Å²) in [5.74, 6) is 1.15. The molecule has 1 heterocycles. The summed E-state index contributed by atoms with van der Waals surface area (Å²) in [6, 6.07) is 13.9. The number of para-hydroxylation sites is 2. The molecule has 0 spiro atoms. The maximum absolute atomic E-state index is 12.2. The molecule has 0 saturated heterocycles. The SMILES string of the molecule is NC(=NCCCN1C(=O)COc2ccccc21)Nc1cccc2c1CCCC2. The fourth-order valence-electron chi connectivity index (χ4n) is 3.90. The Kier molecular flexibility index (Phi) is 5.46. The van der Waals surface area contributed by atoms with E-state index < -0.39 is 0 Å². The van der Waals surface area contributed by atoms with Crippen LogP contribution < -0.4 is 20.7 Å². The Morgan fingerprint density at radius 2 is 2.00 bits per heavy atom. The predicted molar refractivity (Wildman–Crippen MR) is 112 cm³/mol. The third-order valence-corrected chi connectivity index (χ3v) is 5.29. The first-order chi connectivity index (χ1) is 13.7. The molecule has 2 aliphatic rings. The van der Waals surface area contributed by atoms with Gasteiger partial charge in [0.25, 0.3) is 5.91 Å². The van der Waals surface area contributed by atoms with Gasteiger partial charge in [-0.2, -0.15) is 0 Å². The van der Waals surface area contributed by atoms with Gasteiger partial charge in [0.15, 0.2) is 12.6 Å². The zero-order chi connectivity index (χ0) is 19.3. The number of anilines is 2. The fraction of sp³-hybridized carbons (Fsp3) is 0.364. The van der Waals surface area contributed by atoms with Crippen molar-refractivity contribution in [2.24, 2.45) is 10.7 Å². The first-order valence-corrected chi connectivity index (χ1v) is 9.92. The second-order valence-corrected chi connectivity index (χ2v) is 7.20. The zero-order valence-electron chi connectivity index (χ0n) is 16.0. The van der Waals surface area contributed by atoms with E-state index in [1.54, 1.807) is 4.90 Å². The number of aryl methyl sites for hydroxylation is 1. The monoisotopic (exact) mass is 378 g/mol. The molecule has 0 saturated carbocycles. The molecule has 6 heteroatoms. The number of guanidine groups is 1. The van der Waals surface area contributed by atoms with Crippen molar-refractivity contribution in [1.82, 2.24) is 0 Å². The van der Waals surface area contributed by atoms with Crippen LogP contribution >= 0.6 is 0 Å². The molecule has 0 bridgehead atoms. The fourth-order valence-corrected chi connectivity index (χ4v) is 3.90. The van der Waals surface area contributed by atoms with Crippen molar-refractivity contribution >= 4 is 23.2 Å². The number of nitrogens with one attached hydrogen (secondary N) is 1. The topological polar surface area (TPSA) is 80.0 Å². The van der Waals surface area contributed by atoms with Crippen molar-refractivity contribution in [3.05, 3.63) is 53.6 Å². The highest BCUT2D eigenvalue weighted by molar-refractivity contribution is 5.97. The molecule has 28 heavy (non-hydrogen) atoms. The van der Waals surface area contributed by atoms with Gasteiger partial charge in [0, 0.05) is 18.8 Å². The predicted octanol–water partition coefficient (Wildman–Crippen LogP) is 3.11.